The van der Waals surface area contributed by atoms with Crippen molar-refractivity contribution in [2.75, 3.05) is 37.0 Å². The van der Waals surface area contributed by atoms with Gasteiger partial charge in [0.15, 0.2) is 11.6 Å². The summed E-state index contributed by atoms with van der Waals surface area (Å²) in [5.74, 6) is 2.73. The normalized spacial score (nSPS) is 14.8. The first-order valence-corrected chi connectivity index (χ1v) is 11.2. The minimum absolute atomic E-state index is 0.154. The van der Waals surface area contributed by atoms with Gasteiger partial charge < -0.3 is 24.3 Å². The smallest absolute Gasteiger partial charge is 0.227 e. The van der Waals surface area contributed by atoms with Crippen LogP contribution in [0, 0.1) is 6.92 Å². The molecular formula is C24H28N8O2. The van der Waals surface area contributed by atoms with E-state index in [0.29, 0.717) is 18.3 Å². The Bertz CT molecular complexity index is 1350. The molecule has 1 aromatic carbocycles. The molecule has 1 fully saturated rings. The highest BCUT2D eigenvalue weighted by Gasteiger charge is 2.41. The van der Waals surface area contributed by atoms with Crippen molar-refractivity contribution in [3.63, 3.8) is 0 Å². The highest BCUT2D eigenvalue weighted by Crippen LogP contribution is 2.35. The molecular weight excluding hydrogens is 432 g/mol. The number of aryl methyl sites for hydroxylation is 2. The molecule has 4 aromatic rings. The second-order valence-electron chi connectivity index (χ2n) is 8.76. The van der Waals surface area contributed by atoms with E-state index in [1.807, 2.05) is 55.9 Å². The lowest BCUT2D eigenvalue weighted by Crippen LogP contribution is -2.62. The van der Waals surface area contributed by atoms with Gasteiger partial charge in [-0.25, -0.2) is 15.0 Å². The minimum Gasteiger partial charge on any atom is -0.495 e. The fourth-order valence-corrected chi connectivity index (χ4v) is 4.38. The van der Waals surface area contributed by atoms with E-state index in [9.17, 15) is 0 Å². The second kappa shape index (κ2) is 8.53. The van der Waals surface area contributed by atoms with Gasteiger partial charge in [0.2, 0.25) is 5.95 Å². The Kier molecular flexibility index (Phi) is 5.52. The molecule has 0 radical (unpaired) electrons. The maximum atomic E-state index is 5.89. The lowest BCUT2D eigenvalue weighted by Gasteiger charge is -2.48. The van der Waals surface area contributed by atoms with Gasteiger partial charge in [-0.1, -0.05) is 0 Å². The Morgan fingerprint density at radius 2 is 2.00 bits per heavy atom. The van der Waals surface area contributed by atoms with Crippen LogP contribution in [0.2, 0.25) is 0 Å². The van der Waals surface area contributed by atoms with Crippen LogP contribution in [0.4, 0.5) is 17.5 Å². The van der Waals surface area contributed by atoms with Crippen LogP contribution in [0.1, 0.15) is 19.5 Å². The third-order valence-electron chi connectivity index (χ3n) is 5.94. The van der Waals surface area contributed by atoms with Crippen LogP contribution in [0.3, 0.4) is 0 Å². The predicted molar refractivity (Wildman–Crippen MR) is 131 cm³/mol. The number of ether oxygens (including phenoxy) is 2. The summed E-state index contributed by atoms with van der Waals surface area (Å²) in [6.45, 7) is 8.38. The number of nitrogens with zero attached hydrogens (tertiary/aromatic N) is 7. The number of benzene rings is 1. The Labute approximate surface area is 198 Å². The topological polar surface area (TPSA) is 103 Å². The molecule has 0 saturated carbocycles. The van der Waals surface area contributed by atoms with E-state index in [-0.39, 0.29) is 5.60 Å². The fourth-order valence-electron chi connectivity index (χ4n) is 4.38. The summed E-state index contributed by atoms with van der Waals surface area (Å²) in [5.41, 5.74) is 3.23. The second-order valence-corrected chi connectivity index (χ2v) is 8.76. The first-order valence-electron chi connectivity index (χ1n) is 11.2. The van der Waals surface area contributed by atoms with Crippen molar-refractivity contribution in [1.82, 2.24) is 29.7 Å². The summed E-state index contributed by atoms with van der Waals surface area (Å²) in [7, 11) is 3.53. The van der Waals surface area contributed by atoms with Crippen molar-refractivity contribution < 1.29 is 9.47 Å². The van der Waals surface area contributed by atoms with Gasteiger partial charge in [0.1, 0.15) is 23.2 Å². The molecule has 5 rings (SSSR count). The molecule has 1 aliphatic rings. The number of rotatable bonds is 7. The van der Waals surface area contributed by atoms with Gasteiger partial charge in [0.05, 0.1) is 25.9 Å². The van der Waals surface area contributed by atoms with E-state index in [0.717, 1.165) is 52.6 Å². The molecule has 4 heterocycles. The summed E-state index contributed by atoms with van der Waals surface area (Å²) in [5, 5.41) is 12.4. The fraction of sp³-hybridized carbons (Fsp3) is 0.375. The number of nitrogens with one attached hydrogen (secondary N) is 1. The maximum Gasteiger partial charge on any atom is 0.227 e. The SMILES string of the molecule is CCOC1(C)CN(c2nc(C)cc3cnc(Nc4ccc(-c5nncn5C)cc4OC)nc23)C1. The number of aromatic nitrogens is 6. The quantitative estimate of drug-likeness (QED) is 0.444. The van der Waals surface area contributed by atoms with Gasteiger partial charge in [-0.3, -0.25) is 0 Å². The van der Waals surface area contributed by atoms with Gasteiger partial charge >= 0.3 is 0 Å². The number of fused-ring (bicyclic) bond motifs is 1. The van der Waals surface area contributed by atoms with E-state index in [1.54, 1.807) is 13.4 Å². The van der Waals surface area contributed by atoms with Crippen LogP contribution in [0.5, 0.6) is 5.75 Å². The lowest BCUT2D eigenvalue weighted by molar-refractivity contribution is -0.0447. The molecule has 10 heteroatoms. The number of hydrogen-bond acceptors (Lipinski definition) is 9. The van der Waals surface area contributed by atoms with E-state index in [1.165, 1.54) is 0 Å². The zero-order valence-corrected chi connectivity index (χ0v) is 20.0. The summed E-state index contributed by atoms with van der Waals surface area (Å²) in [6, 6.07) is 7.80. The largest absolute Gasteiger partial charge is 0.495 e. The maximum absolute atomic E-state index is 5.89. The van der Waals surface area contributed by atoms with Crippen LogP contribution in [-0.2, 0) is 11.8 Å². The molecule has 0 aliphatic carbocycles. The first-order chi connectivity index (χ1) is 16.4. The number of methoxy groups -OCH3 is 1. The van der Waals surface area contributed by atoms with E-state index in [4.69, 9.17) is 19.4 Å². The molecule has 0 bridgehead atoms. The molecule has 0 spiro atoms. The Morgan fingerprint density at radius 3 is 2.71 bits per heavy atom. The summed E-state index contributed by atoms with van der Waals surface area (Å²) >= 11 is 0. The zero-order valence-electron chi connectivity index (χ0n) is 20.0. The number of hydrogen-bond donors (Lipinski definition) is 1. The van der Waals surface area contributed by atoms with Crippen LogP contribution in [-0.4, -0.2) is 62.1 Å². The Hall–Kier alpha value is -3.79. The Morgan fingerprint density at radius 1 is 1.18 bits per heavy atom. The van der Waals surface area contributed by atoms with Crippen LogP contribution >= 0.6 is 0 Å². The van der Waals surface area contributed by atoms with E-state index < -0.39 is 0 Å². The molecule has 0 atom stereocenters. The third-order valence-corrected chi connectivity index (χ3v) is 5.94. The van der Waals surface area contributed by atoms with E-state index >= 15 is 0 Å². The van der Waals surface area contributed by atoms with E-state index in [2.05, 4.69) is 32.3 Å². The molecule has 1 saturated heterocycles. The standard InChI is InChI=1S/C24H28N8O2/c1-6-34-24(3)12-32(13-24)22-20-17(9-15(2)27-22)11-25-23(29-20)28-18-8-7-16(10-19(18)33-5)21-30-26-14-31(21)4/h7-11,14H,6,12-13H2,1-5H3,(H,25,28,29). The average molecular weight is 461 g/mol. The molecule has 10 nitrogen and oxygen atoms in total. The molecule has 176 valence electrons. The number of pyridine rings is 1. The molecule has 1 N–H and O–H groups in total. The van der Waals surface area contributed by atoms with Gasteiger partial charge in [0, 0.05) is 36.5 Å². The average Bonchev–Trinajstić information content (AvgIpc) is 3.23. The van der Waals surface area contributed by atoms with Gasteiger partial charge in [-0.2, -0.15) is 0 Å². The highest BCUT2D eigenvalue weighted by molar-refractivity contribution is 5.90. The van der Waals surface area contributed by atoms with Crippen molar-refractivity contribution in [3.05, 3.63) is 42.5 Å². The summed E-state index contributed by atoms with van der Waals surface area (Å²) in [4.78, 5) is 16.4. The summed E-state index contributed by atoms with van der Waals surface area (Å²) < 4.78 is 13.4. The molecule has 3 aromatic heterocycles. The predicted octanol–water partition coefficient (Wildman–Crippen LogP) is 3.50. The minimum atomic E-state index is -0.154. The molecule has 0 amide bonds. The number of anilines is 3. The van der Waals surface area contributed by atoms with Crippen LogP contribution in [0.25, 0.3) is 22.3 Å². The van der Waals surface area contributed by atoms with Crippen molar-refractivity contribution in [2.24, 2.45) is 7.05 Å². The zero-order chi connectivity index (χ0) is 23.9. The molecule has 0 unspecified atom stereocenters. The van der Waals surface area contributed by atoms with Crippen molar-refractivity contribution >= 4 is 28.4 Å². The highest BCUT2D eigenvalue weighted by atomic mass is 16.5. The van der Waals surface area contributed by atoms with Crippen molar-refractivity contribution in [2.45, 2.75) is 26.4 Å². The van der Waals surface area contributed by atoms with Crippen LogP contribution < -0.4 is 15.0 Å². The van der Waals surface area contributed by atoms with Gasteiger partial charge in [-0.15, -0.1) is 10.2 Å². The monoisotopic (exact) mass is 460 g/mol. The molecule has 34 heavy (non-hydrogen) atoms. The first kappa shape index (κ1) is 22.0. The Balaban J connectivity index is 1.46. The van der Waals surface area contributed by atoms with Gasteiger partial charge in [-0.05, 0) is 45.0 Å². The van der Waals surface area contributed by atoms with Crippen molar-refractivity contribution in [1.29, 1.82) is 0 Å². The van der Waals surface area contributed by atoms with Crippen LogP contribution in [0.15, 0.2) is 36.8 Å². The lowest BCUT2D eigenvalue weighted by atomic mass is 9.96. The van der Waals surface area contributed by atoms with Gasteiger partial charge in [0.25, 0.3) is 0 Å². The third kappa shape index (κ3) is 4.01. The summed E-state index contributed by atoms with van der Waals surface area (Å²) in [6.07, 6.45) is 3.49. The van der Waals surface area contributed by atoms with Crippen molar-refractivity contribution in [3.8, 4) is 17.1 Å². The molecule has 1 aliphatic heterocycles.